The molecule has 0 unspecified atom stereocenters. The van der Waals surface area contributed by atoms with E-state index in [-0.39, 0.29) is 5.56 Å². The van der Waals surface area contributed by atoms with Crippen molar-refractivity contribution in [3.63, 3.8) is 0 Å². The number of halogens is 1. The van der Waals surface area contributed by atoms with Gasteiger partial charge in [-0.15, -0.1) is 0 Å². The van der Waals surface area contributed by atoms with Crippen LogP contribution in [-0.4, -0.2) is 16.2 Å². The second-order valence-electron chi connectivity index (χ2n) is 7.47. The Morgan fingerprint density at radius 3 is 2.50 bits per heavy atom. The molecular formula is C25H23ClN2O2. The van der Waals surface area contributed by atoms with Gasteiger partial charge in [-0.05, 0) is 79.9 Å². The van der Waals surface area contributed by atoms with Crippen LogP contribution in [0.15, 0.2) is 65.5 Å². The lowest BCUT2D eigenvalue weighted by molar-refractivity contribution is 0.294. The third-order valence-corrected chi connectivity index (χ3v) is 5.55. The van der Waals surface area contributed by atoms with E-state index in [1.165, 1.54) is 5.56 Å². The van der Waals surface area contributed by atoms with Crippen molar-refractivity contribution >= 4 is 22.5 Å². The zero-order chi connectivity index (χ0) is 21.3. The van der Waals surface area contributed by atoms with Gasteiger partial charge in [0, 0.05) is 10.6 Å². The number of ether oxygens (including phenoxy) is 1. The van der Waals surface area contributed by atoms with E-state index < -0.39 is 0 Å². The summed E-state index contributed by atoms with van der Waals surface area (Å²) in [4.78, 5) is 18.0. The summed E-state index contributed by atoms with van der Waals surface area (Å²) in [5.74, 6) is 1.46. The van der Waals surface area contributed by atoms with Crippen LogP contribution in [0.25, 0.3) is 22.3 Å². The van der Waals surface area contributed by atoms with Crippen molar-refractivity contribution in [3.8, 4) is 17.1 Å². The van der Waals surface area contributed by atoms with Crippen LogP contribution >= 0.6 is 11.6 Å². The van der Waals surface area contributed by atoms with E-state index >= 15 is 0 Å². The zero-order valence-electron chi connectivity index (χ0n) is 17.3. The maximum atomic E-state index is 13.2. The molecule has 1 heterocycles. The first-order valence-electron chi connectivity index (χ1n) is 9.90. The summed E-state index contributed by atoms with van der Waals surface area (Å²) in [6, 6.07) is 18.9. The molecule has 0 fully saturated rings. The van der Waals surface area contributed by atoms with E-state index in [9.17, 15) is 4.79 Å². The highest BCUT2D eigenvalue weighted by molar-refractivity contribution is 6.30. The van der Waals surface area contributed by atoms with Crippen molar-refractivity contribution in [1.29, 1.82) is 0 Å². The monoisotopic (exact) mass is 418 g/mol. The first-order valence-corrected chi connectivity index (χ1v) is 10.3. The third kappa shape index (κ3) is 3.96. The Morgan fingerprint density at radius 2 is 1.73 bits per heavy atom. The summed E-state index contributed by atoms with van der Waals surface area (Å²) in [5.41, 5.74) is 4.89. The largest absolute Gasteiger partial charge is 0.491 e. The molecule has 4 aromatic rings. The molecule has 1 aromatic heterocycles. The van der Waals surface area contributed by atoms with Crippen molar-refractivity contribution in [2.24, 2.45) is 0 Å². The molecule has 0 aliphatic heterocycles. The van der Waals surface area contributed by atoms with Crippen LogP contribution in [0.5, 0.6) is 5.75 Å². The second-order valence-corrected chi connectivity index (χ2v) is 7.91. The first-order chi connectivity index (χ1) is 14.4. The van der Waals surface area contributed by atoms with Crippen molar-refractivity contribution in [2.75, 3.05) is 6.61 Å². The average Bonchev–Trinajstić information content (AvgIpc) is 2.73. The number of rotatable bonds is 5. The van der Waals surface area contributed by atoms with Crippen LogP contribution in [0.4, 0.5) is 0 Å². The number of nitrogens with zero attached hydrogens (tertiary/aromatic N) is 2. The highest BCUT2D eigenvalue weighted by Crippen LogP contribution is 2.24. The van der Waals surface area contributed by atoms with E-state index in [1.54, 1.807) is 16.7 Å². The van der Waals surface area contributed by atoms with Gasteiger partial charge in [0.25, 0.3) is 5.56 Å². The van der Waals surface area contributed by atoms with Crippen molar-refractivity contribution in [2.45, 2.75) is 27.3 Å². The molecule has 0 spiro atoms. The number of fused-ring (bicyclic) bond motifs is 1. The fourth-order valence-corrected chi connectivity index (χ4v) is 3.72. The molecule has 152 valence electrons. The summed E-state index contributed by atoms with van der Waals surface area (Å²) in [5, 5.41) is 1.24. The molecule has 4 rings (SSSR count). The average molecular weight is 419 g/mol. The number of hydrogen-bond donors (Lipinski definition) is 0. The molecule has 0 bridgehead atoms. The summed E-state index contributed by atoms with van der Waals surface area (Å²) in [6.07, 6.45) is 0. The zero-order valence-corrected chi connectivity index (χ0v) is 18.0. The highest BCUT2D eigenvalue weighted by atomic mass is 35.5. The van der Waals surface area contributed by atoms with Crippen molar-refractivity contribution in [1.82, 2.24) is 9.55 Å². The molecule has 0 N–H and O–H groups in total. The van der Waals surface area contributed by atoms with Gasteiger partial charge in [-0.2, -0.15) is 0 Å². The minimum Gasteiger partial charge on any atom is -0.491 e. The van der Waals surface area contributed by atoms with Crippen LogP contribution in [0, 0.1) is 20.8 Å². The molecule has 0 atom stereocenters. The molecule has 5 heteroatoms. The van der Waals surface area contributed by atoms with Crippen LogP contribution in [0.2, 0.25) is 5.02 Å². The fraction of sp³-hybridized carbons (Fsp3) is 0.200. The molecule has 0 radical (unpaired) electrons. The van der Waals surface area contributed by atoms with Gasteiger partial charge >= 0.3 is 0 Å². The Kier molecular flexibility index (Phi) is 5.60. The number of aryl methyl sites for hydroxylation is 2. The Bertz CT molecular complexity index is 1280. The second kappa shape index (κ2) is 8.33. The summed E-state index contributed by atoms with van der Waals surface area (Å²) >= 11 is 6.05. The van der Waals surface area contributed by atoms with Crippen LogP contribution in [0.3, 0.4) is 0 Å². The Morgan fingerprint density at radius 1 is 1.00 bits per heavy atom. The minimum absolute atomic E-state index is 0.0775. The van der Waals surface area contributed by atoms with Gasteiger partial charge in [0.05, 0.1) is 17.4 Å². The van der Waals surface area contributed by atoms with E-state index in [1.807, 2.05) is 49.4 Å². The molecule has 30 heavy (non-hydrogen) atoms. The molecule has 0 aliphatic carbocycles. The molecular weight excluding hydrogens is 396 g/mol. The Hall–Kier alpha value is -3.11. The van der Waals surface area contributed by atoms with Gasteiger partial charge in [0.1, 0.15) is 18.2 Å². The highest BCUT2D eigenvalue weighted by Gasteiger charge is 2.13. The van der Waals surface area contributed by atoms with E-state index in [2.05, 4.69) is 19.9 Å². The number of aromatic nitrogens is 2. The molecule has 0 saturated carbocycles. The quantitative estimate of drug-likeness (QED) is 0.416. The lowest BCUT2D eigenvalue weighted by Crippen LogP contribution is -2.26. The summed E-state index contributed by atoms with van der Waals surface area (Å²) in [7, 11) is 0. The normalized spacial score (nSPS) is 11.1. The van der Waals surface area contributed by atoms with Crippen LogP contribution in [-0.2, 0) is 6.54 Å². The van der Waals surface area contributed by atoms with E-state index in [0.29, 0.717) is 34.9 Å². The number of benzene rings is 3. The van der Waals surface area contributed by atoms with Gasteiger partial charge in [0.15, 0.2) is 0 Å². The summed E-state index contributed by atoms with van der Waals surface area (Å²) in [6.45, 7) is 6.93. The SMILES string of the molecule is Cc1cc(C)c(C)c(OCCn2c(-c3ccc(Cl)cc3)nc3ccccc3c2=O)c1. The lowest BCUT2D eigenvalue weighted by Gasteiger charge is -2.16. The van der Waals surface area contributed by atoms with Gasteiger partial charge in [-0.25, -0.2) is 4.98 Å². The number of para-hydroxylation sites is 1. The predicted molar refractivity (Wildman–Crippen MR) is 123 cm³/mol. The summed E-state index contributed by atoms with van der Waals surface area (Å²) < 4.78 is 7.75. The number of hydrogen-bond acceptors (Lipinski definition) is 3. The Labute approximate surface area is 180 Å². The van der Waals surface area contributed by atoms with Crippen molar-refractivity contribution < 1.29 is 4.74 Å². The molecule has 4 nitrogen and oxygen atoms in total. The van der Waals surface area contributed by atoms with E-state index in [0.717, 1.165) is 22.4 Å². The van der Waals surface area contributed by atoms with Crippen molar-refractivity contribution in [3.05, 3.63) is 92.7 Å². The fourth-order valence-electron chi connectivity index (χ4n) is 3.59. The maximum Gasteiger partial charge on any atom is 0.261 e. The van der Waals surface area contributed by atoms with Gasteiger partial charge < -0.3 is 4.74 Å². The van der Waals surface area contributed by atoms with E-state index in [4.69, 9.17) is 21.3 Å². The maximum absolute atomic E-state index is 13.2. The minimum atomic E-state index is -0.0775. The Balaban J connectivity index is 1.72. The first kappa shape index (κ1) is 20.2. The molecule has 0 aliphatic rings. The standard InChI is InChI=1S/C25H23ClN2O2/c1-16-14-17(2)18(3)23(15-16)30-13-12-28-24(19-8-10-20(26)11-9-19)27-22-7-5-4-6-21(22)25(28)29/h4-11,14-15H,12-13H2,1-3H3. The van der Waals surface area contributed by atoms with Gasteiger partial charge in [-0.3, -0.25) is 9.36 Å². The molecule has 0 amide bonds. The third-order valence-electron chi connectivity index (χ3n) is 5.30. The smallest absolute Gasteiger partial charge is 0.261 e. The van der Waals surface area contributed by atoms with Gasteiger partial charge in [0.2, 0.25) is 0 Å². The lowest BCUT2D eigenvalue weighted by atomic mass is 10.1. The van der Waals surface area contributed by atoms with Crippen LogP contribution < -0.4 is 10.3 Å². The van der Waals surface area contributed by atoms with Crippen LogP contribution in [0.1, 0.15) is 16.7 Å². The molecule has 0 saturated heterocycles. The predicted octanol–water partition coefficient (Wildman–Crippen LogP) is 5.72. The molecule has 3 aromatic carbocycles. The van der Waals surface area contributed by atoms with Gasteiger partial charge in [-0.1, -0.05) is 29.8 Å². The topological polar surface area (TPSA) is 44.1 Å².